The maximum Gasteiger partial charge on any atom is 0.150 e. The molecule has 1 aromatic carbocycles. The molecule has 0 heterocycles. The van der Waals surface area contributed by atoms with Gasteiger partial charge in [-0.05, 0) is 37.7 Å². The third-order valence-electron chi connectivity index (χ3n) is 2.01. The van der Waals surface area contributed by atoms with Gasteiger partial charge in [-0.15, -0.1) is 0 Å². The Bertz CT molecular complexity index is 361. The molecule has 80 valence electrons. The quantitative estimate of drug-likeness (QED) is 0.615. The van der Waals surface area contributed by atoms with E-state index in [-0.39, 0.29) is 0 Å². The molecular formula is C12H14ClNO. The predicted molar refractivity (Wildman–Crippen MR) is 64.4 cm³/mol. The van der Waals surface area contributed by atoms with Crippen molar-refractivity contribution in [1.82, 2.24) is 5.32 Å². The van der Waals surface area contributed by atoms with Gasteiger partial charge in [-0.25, -0.2) is 0 Å². The summed E-state index contributed by atoms with van der Waals surface area (Å²) in [6.07, 6.45) is 5.73. The minimum absolute atomic E-state index is 0.646. The number of hydrogen-bond acceptors (Lipinski definition) is 2. The van der Waals surface area contributed by atoms with Crippen molar-refractivity contribution in [3.05, 3.63) is 40.4 Å². The number of halogens is 1. The van der Waals surface area contributed by atoms with Gasteiger partial charge < -0.3 is 5.32 Å². The van der Waals surface area contributed by atoms with Crippen molar-refractivity contribution < 1.29 is 4.79 Å². The summed E-state index contributed by atoms with van der Waals surface area (Å²) >= 11 is 5.98. The van der Waals surface area contributed by atoms with Gasteiger partial charge in [0, 0.05) is 10.6 Å². The van der Waals surface area contributed by atoms with E-state index in [1.54, 1.807) is 18.2 Å². The Morgan fingerprint density at radius 3 is 2.93 bits per heavy atom. The lowest BCUT2D eigenvalue weighted by Gasteiger charge is -1.99. The van der Waals surface area contributed by atoms with Crippen LogP contribution in [0.5, 0.6) is 0 Å². The first kappa shape index (κ1) is 12.0. The van der Waals surface area contributed by atoms with E-state index < -0.39 is 0 Å². The second-order valence-electron chi connectivity index (χ2n) is 3.19. The molecule has 15 heavy (non-hydrogen) atoms. The summed E-state index contributed by atoms with van der Waals surface area (Å²) in [7, 11) is 1.91. The van der Waals surface area contributed by atoms with Crippen LogP contribution in [0.2, 0.25) is 5.02 Å². The van der Waals surface area contributed by atoms with Crippen molar-refractivity contribution >= 4 is 24.0 Å². The topological polar surface area (TPSA) is 29.1 Å². The van der Waals surface area contributed by atoms with Gasteiger partial charge in [-0.2, -0.15) is 0 Å². The second kappa shape index (κ2) is 6.38. The molecule has 0 aromatic heterocycles. The predicted octanol–water partition coefficient (Wildman–Crippen LogP) is 2.78. The molecule has 0 amide bonds. The highest BCUT2D eigenvalue weighted by atomic mass is 35.5. The standard InChI is InChI=1S/C12H14ClNO/c1-14-7-3-2-4-11-8-10(9-15)5-6-12(11)13/h2,4-6,8-9,14H,3,7H2,1H3. The third kappa shape index (κ3) is 3.86. The number of carbonyl (C=O) groups excluding carboxylic acids is 1. The smallest absolute Gasteiger partial charge is 0.150 e. The molecule has 3 heteroatoms. The van der Waals surface area contributed by atoms with Crippen molar-refractivity contribution in [2.24, 2.45) is 0 Å². The molecule has 2 nitrogen and oxygen atoms in total. The first-order chi connectivity index (χ1) is 7.27. The molecular weight excluding hydrogens is 210 g/mol. The van der Waals surface area contributed by atoms with Crippen LogP contribution in [0, 0.1) is 0 Å². The van der Waals surface area contributed by atoms with E-state index in [4.69, 9.17) is 11.6 Å². The largest absolute Gasteiger partial charge is 0.319 e. The molecule has 0 bridgehead atoms. The zero-order valence-corrected chi connectivity index (χ0v) is 9.42. The van der Waals surface area contributed by atoms with Gasteiger partial charge >= 0.3 is 0 Å². The second-order valence-corrected chi connectivity index (χ2v) is 3.60. The lowest BCUT2D eigenvalue weighted by molar-refractivity contribution is 0.112. The molecule has 1 rings (SSSR count). The van der Waals surface area contributed by atoms with E-state index in [0.717, 1.165) is 24.8 Å². The highest BCUT2D eigenvalue weighted by molar-refractivity contribution is 6.32. The Kier molecular flexibility index (Phi) is 5.08. The average Bonchev–Trinajstić information content (AvgIpc) is 2.26. The van der Waals surface area contributed by atoms with Crippen molar-refractivity contribution in [2.45, 2.75) is 6.42 Å². The van der Waals surface area contributed by atoms with E-state index >= 15 is 0 Å². The monoisotopic (exact) mass is 223 g/mol. The van der Waals surface area contributed by atoms with Gasteiger partial charge in [-0.3, -0.25) is 4.79 Å². The Morgan fingerprint density at radius 1 is 1.47 bits per heavy atom. The summed E-state index contributed by atoms with van der Waals surface area (Å²) in [6, 6.07) is 5.23. The molecule has 0 radical (unpaired) electrons. The highest BCUT2D eigenvalue weighted by Gasteiger charge is 1.97. The fraction of sp³-hybridized carbons (Fsp3) is 0.250. The Morgan fingerprint density at radius 2 is 2.27 bits per heavy atom. The highest BCUT2D eigenvalue weighted by Crippen LogP contribution is 2.18. The first-order valence-electron chi connectivity index (χ1n) is 4.84. The third-order valence-corrected chi connectivity index (χ3v) is 2.36. The summed E-state index contributed by atoms with van der Waals surface area (Å²) < 4.78 is 0. The number of hydrogen-bond donors (Lipinski definition) is 1. The molecule has 1 N–H and O–H groups in total. The van der Waals surface area contributed by atoms with Crippen LogP contribution in [0.3, 0.4) is 0 Å². The molecule has 1 aromatic rings. The minimum Gasteiger partial charge on any atom is -0.319 e. The Hall–Kier alpha value is -1.12. The molecule has 0 atom stereocenters. The van der Waals surface area contributed by atoms with Crippen LogP contribution in [0.1, 0.15) is 22.3 Å². The van der Waals surface area contributed by atoms with E-state index in [0.29, 0.717) is 10.6 Å². The summed E-state index contributed by atoms with van der Waals surface area (Å²) in [4.78, 5) is 10.6. The van der Waals surface area contributed by atoms with Gasteiger partial charge in [0.05, 0.1) is 0 Å². The summed E-state index contributed by atoms with van der Waals surface area (Å²) in [5.41, 5.74) is 1.53. The number of carbonyl (C=O) groups is 1. The molecule has 0 saturated heterocycles. The van der Waals surface area contributed by atoms with Crippen molar-refractivity contribution in [1.29, 1.82) is 0 Å². The Balaban J connectivity index is 2.74. The maximum absolute atomic E-state index is 10.6. The van der Waals surface area contributed by atoms with Crippen molar-refractivity contribution in [2.75, 3.05) is 13.6 Å². The normalized spacial score (nSPS) is 10.8. The zero-order valence-electron chi connectivity index (χ0n) is 8.66. The van der Waals surface area contributed by atoms with Crippen LogP contribution in [-0.2, 0) is 0 Å². The molecule has 0 fully saturated rings. The molecule has 0 unspecified atom stereocenters. The molecule has 0 aliphatic rings. The number of aldehydes is 1. The van der Waals surface area contributed by atoms with Crippen LogP contribution in [0.15, 0.2) is 24.3 Å². The number of benzene rings is 1. The summed E-state index contributed by atoms with van der Waals surface area (Å²) in [6.45, 7) is 0.932. The molecule has 0 aliphatic carbocycles. The van der Waals surface area contributed by atoms with E-state index in [1.165, 1.54) is 0 Å². The van der Waals surface area contributed by atoms with Gasteiger partial charge in [0.2, 0.25) is 0 Å². The van der Waals surface area contributed by atoms with E-state index in [2.05, 4.69) is 5.32 Å². The fourth-order valence-electron chi connectivity index (χ4n) is 1.20. The van der Waals surface area contributed by atoms with Gasteiger partial charge in [0.25, 0.3) is 0 Å². The Labute approximate surface area is 94.9 Å². The number of nitrogens with one attached hydrogen (secondary N) is 1. The fourth-order valence-corrected chi connectivity index (χ4v) is 1.38. The van der Waals surface area contributed by atoms with Gasteiger partial charge in [-0.1, -0.05) is 29.8 Å². The first-order valence-corrected chi connectivity index (χ1v) is 5.21. The van der Waals surface area contributed by atoms with Crippen LogP contribution < -0.4 is 5.32 Å². The summed E-state index contributed by atoms with van der Waals surface area (Å²) in [5.74, 6) is 0. The zero-order chi connectivity index (χ0) is 11.1. The minimum atomic E-state index is 0.646. The summed E-state index contributed by atoms with van der Waals surface area (Å²) in [5, 5.41) is 3.72. The number of rotatable bonds is 5. The maximum atomic E-state index is 10.6. The molecule has 0 aliphatic heterocycles. The lowest BCUT2D eigenvalue weighted by atomic mass is 10.1. The van der Waals surface area contributed by atoms with Crippen LogP contribution >= 0.6 is 11.6 Å². The SMILES string of the molecule is CNCCC=Cc1cc(C=O)ccc1Cl. The lowest BCUT2D eigenvalue weighted by Crippen LogP contribution is -2.05. The van der Waals surface area contributed by atoms with E-state index in [1.807, 2.05) is 19.2 Å². The van der Waals surface area contributed by atoms with Crippen LogP contribution in [0.4, 0.5) is 0 Å². The molecule has 0 saturated carbocycles. The van der Waals surface area contributed by atoms with Gasteiger partial charge in [0.1, 0.15) is 6.29 Å². The average molecular weight is 224 g/mol. The van der Waals surface area contributed by atoms with Crippen LogP contribution in [0.25, 0.3) is 6.08 Å². The van der Waals surface area contributed by atoms with Gasteiger partial charge in [0.15, 0.2) is 0 Å². The van der Waals surface area contributed by atoms with Crippen molar-refractivity contribution in [3.8, 4) is 0 Å². The molecule has 0 spiro atoms. The van der Waals surface area contributed by atoms with Crippen LogP contribution in [-0.4, -0.2) is 19.9 Å². The van der Waals surface area contributed by atoms with Crippen molar-refractivity contribution in [3.63, 3.8) is 0 Å². The van der Waals surface area contributed by atoms with E-state index in [9.17, 15) is 4.79 Å².